The van der Waals surface area contributed by atoms with Gasteiger partial charge >= 0.3 is 5.97 Å². The van der Waals surface area contributed by atoms with Gasteiger partial charge in [-0.1, -0.05) is 18.2 Å². The zero-order valence-electron chi connectivity index (χ0n) is 9.87. The molecule has 19 heavy (non-hydrogen) atoms. The van der Waals surface area contributed by atoms with E-state index in [2.05, 4.69) is 10.2 Å². The molecule has 0 aliphatic heterocycles. The molecule has 0 radical (unpaired) electrons. The molecule has 0 heterocycles. The zero-order chi connectivity index (χ0) is 13.7. The van der Waals surface area contributed by atoms with E-state index in [1.165, 1.54) is 24.3 Å². The van der Waals surface area contributed by atoms with E-state index in [1.54, 1.807) is 12.1 Å². The van der Waals surface area contributed by atoms with Crippen LogP contribution in [0.2, 0.25) is 0 Å². The number of benzene rings is 2. The first kappa shape index (κ1) is 12.8. The molecule has 0 saturated heterocycles. The van der Waals surface area contributed by atoms with Crippen LogP contribution < -0.4 is 5.32 Å². The number of carbonyl (C=O) groups is 2. The zero-order valence-corrected chi connectivity index (χ0v) is 9.87. The number of anilines is 1. The number of para-hydroxylation sites is 1. The van der Waals surface area contributed by atoms with Gasteiger partial charge in [-0.3, -0.25) is 9.68 Å². The summed E-state index contributed by atoms with van der Waals surface area (Å²) in [6, 6.07) is 14.8. The summed E-state index contributed by atoms with van der Waals surface area (Å²) in [7, 11) is 0. The Hall–Kier alpha value is -2.66. The predicted molar refractivity (Wildman–Crippen MR) is 68.9 cm³/mol. The summed E-state index contributed by atoms with van der Waals surface area (Å²) in [6.07, 6.45) is 0. The van der Waals surface area contributed by atoms with Gasteiger partial charge in [0, 0.05) is 11.3 Å². The molecule has 2 rings (SSSR count). The Kier molecular flexibility index (Phi) is 3.90. The molecule has 0 unspecified atom stereocenters. The van der Waals surface area contributed by atoms with E-state index in [0.29, 0.717) is 11.3 Å². The van der Waals surface area contributed by atoms with Crippen molar-refractivity contribution in [2.24, 2.45) is 0 Å². The number of amides is 1. The number of rotatable bonds is 3. The van der Waals surface area contributed by atoms with Crippen molar-refractivity contribution < 1.29 is 19.7 Å². The molecule has 0 atom stereocenters. The van der Waals surface area contributed by atoms with Gasteiger partial charge in [0.05, 0.1) is 5.56 Å². The topological polar surface area (TPSA) is 75.6 Å². The number of hydrogen-bond acceptors (Lipinski definition) is 4. The Morgan fingerprint density at radius 1 is 0.895 bits per heavy atom. The van der Waals surface area contributed by atoms with Crippen molar-refractivity contribution in [2.75, 3.05) is 5.32 Å². The lowest BCUT2D eigenvalue weighted by Crippen LogP contribution is -2.12. The maximum absolute atomic E-state index is 11.9. The second-order valence-electron chi connectivity index (χ2n) is 3.78. The van der Waals surface area contributed by atoms with Crippen molar-refractivity contribution in [3.63, 3.8) is 0 Å². The molecule has 0 aromatic heterocycles. The van der Waals surface area contributed by atoms with Gasteiger partial charge in [0.15, 0.2) is 0 Å². The molecule has 5 heteroatoms. The monoisotopic (exact) mass is 257 g/mol. The highest BCUT2D eigenvalue weighted by atomic mass is 17.1. The van der Waals surface area contributed by atoms with Crippen LogP contribution in [0.5, 0.6) is 0 Å². The lowest BCUT2D eigenvalue weighted by Gasteiger charge is -2.05. The van der Waals surface area contributed by atoms with E-state index >= 15 is 0 Å². The summed E-state index contributed by atoms with van der Waals surface area (Å²) < 4.78 is 0. The van der Waals surface area contributed by atoms with E-state index in [-0.39, 0.29) is 11.5 Å². The maximum Gasteiger partial charge on any atom is 0.372 e. The minimum atomic E-state index is -0.866. The minimum Gasteiger partial charge on any atom is -0.322 e. The van der Waals surface area contributed by atoms with Crippen molar-refractivity contribution in [3.8, 4) is 0 Å². The van der Waals surface area contributed by atoms with Crippen LogP contribution in [0.1, 0.15) is 20.7 Å². The third-order valence-electron chi connectivity index (χ3n) is 2.50. The summed E-state index contributed by atoms with van der Waals surface area (Å²) >= 11 is 0. The molecule has 5 nitrogen and oxygen atoms in total. The smallest absolute Gasteiger partial charge is 0.322 e. The van der Waals surface area contributed by atoms with Gasteiger partial charge in [-0.2, -0.15) is 5.26 Å². The fourth-order valence-corrected chi connectivity index (χ4v) is 1.54. The molecule has 0 aliphatic rings. The maximum atomic E-state index is 11.9. The van der Waals surface area contributed by atoms with Crippen molar-refractivity contribution in [1.82, 2.24) is 0 Å². The highest BCUT2D eigenvalue weighted by molar-refractivity contribution is 6.04. The predicted octanol–water partition coefficient (Wildman–Crippen LogP) is 2.57. The summed E-state index contributed by atoms with van der Waals surface area (Å²) in [6.45, 7) is 0. The first-order valence-corrected chi connectivity index (χ1v) is 5.53. The first-order chi connectivity index (χ1) is 9.20. The molecule has 1 amide bonds. The van der Waals surface area contributed by atoms with Crippen LogP contribution in [0.25, 0.3) is 0 Å². The fraction of sp³-hybridized carbons (Fsp3) is 0. The van der Waals surface area contributed by atoms with Crippen molar-refractivity contribution >= 4 is 17.6 Å². The van der Waals surface area contributed by atoms with E-state index in [4.69, 9.17) is 5.26 Å². The number of carbonyl (C=O) groups excluding carboxylic acids is 2. The molecule has 0 spiro atoms. The first-order valence-electron chi connectivity index (χ1n) is 5.53. The van der Waals surface area contributed by atoms with Gasteiger partial charge in [-0.15, -0.1) is 0 Å². The van der Waals surface area contributed by atoms with Crippen LogP contribution in [0.15, 0.2) is 54.6 Å². The normalized spacial score (nSPS) is 9.74. The van der Waals surface area contributed by atoms with Crippen LogP contribution in [-0.2, 0) is 4.89 Å². The number of hydrogen-bond donors (Lipinski definition) is 2. The molecular formula is C14H11NO4. The Balaban J connectivity index is 2.10. The van der Waals surface area contributed by atoms with Gasteiger partial charge < -0.3 is 5.32 Å². The molecule has 2 N–H and O–H groups in total. The molecule has 2 aromatic rings. The second kappa shape index (κ2) is 5.79. The van der Waals surface area contributed by atoms with Crippen LogP contribution in [0, 0.1) is 0 Å². The van der Waals surface area contributed by atoms with Crippen LogP contribution >= 0.6 is 0 Å². The molecule has 0 bridgehead atoms. The second-order valence-corrected chi connectivity index (χ2v) is 3.78. The van der Waals surface area contributed by atoms with Gasteiger partial charge in [-0.25, -0.2) is 4.79 Å². The average Bonchev–Trinajstić information content (AvgIpc) is 2.47. The molecular weight excluding hydrogens is 246 g/mol. The summed E-state index contributed by atoms with van der Waals surface area (Å²) in [4.78, 5) is 26.5. The Labute approximate surface area is 109 Å². The Morgan fingerprint density at radius 2 is 1.47 bits per heavy atom. The van der Waals surface area contributed by atoms with Gasteiger partial charge in [0.2, 0.25) is 0 Å². The standard InChI is InChI=1S/C14H11NO4/c16-13(15-12-4-2-1-3-5-12)10-6-8-11(9-7-10)14(17)19-18/h1-9,18H,(H,15,16). The van der Waals surface area contributed by atoms with Gasteiger partial charge in [0.25, 0.3) is 5.91 Å². The Morgan fingerprint density at radius 3 is 2.05 bits per heavy atom. The van der Waals surface area contributed by atoms with Gasteiger partial charge in [0.1, 0.15) is 0 Å². The van der Waals surface area contributed by atoms with E-state index < -0.39 is 5.97 Å². The largest absolute Gasteiger partial charge is 0.372 e. The molecule has 0 aliphatic carbocycles. The van der Waals surface area contributed by atoms with E-state index in [0.717, 1.165) is 0 Å². The van der Waals surface area contributed by atoms with Crippen LogP contribution in [0.4, 0.5) is 5.69 Å². The van der Waals surface area contributed by atoms with E-state index in [1.807, 2.05) is 18.2 Å². The average molecular weight is 257 g/mol. The fourth-order valence-electron chi connectivity index (χ4n) is 1.54. The van der Waals surface area contributed by atoms with Crippen molar-refractivity contribution in [3.05, 3.63) is 65.7 Å². The quantitative estimate of drug-likeness (QED) is 0.654. The van der Waals surface area contributed by atoms with Crippen LogP contribution in [-0.4, -0.2) is 17.1 Å². The lowest BCUT2D eigenvalue weighted by molar-refractivity contribution is -0.182. The summed E-state index contributed by atoms with van der Waals surface area (Å²) in [5, 5.41) is 10.9. The van der Waals surface area contributed by atoms with Crippen molar-refractivity contribution in [2.45, 2.75) is 0 Å². The van der Waals surface area contributed by atoms with E-state index in [9.17, 15) is 9.59 Å². The molecule has 96 valence electrons. The number of nitrogens with one attached hydrogen (secondary N) is 1. The summed E-state index contributed by atoms with van der Waals surface area (Å²) in [5.41, 5.74) is 1.25. The minimum absolute atomic E-state index is 0.166. The van der Waals surface area contributed by atoms with Crippen molar-refractivity contribution in [1.29, 1.82) is 0 Å². The Bertz CT molecular complexity index is 578. The molecule has 0 fully saturated rings. The summed E-state index contributed by atoms with van der Waals surface area (Å²) in [5.74, 6) is -1.15. The third kappa shape index (κ3) is 3.17. The molecule has 2 aromatic carbocycles. The SMILES string of the molecule is O=C(Nc1ccccc1)c1ccc(C(=O)OO)cc1. The third-order valence-corrected chi connectivity index (χ3v) is 2.50. The highest BCUT2D eigenvalue weighted by Crippen LogP contribution is 2.10. The van der Waals surface area contributed by atoms with Crippen LogP contribution in [0.3, 0.4) is 0 Å². The highest BCUT2D eigenvalue weighted by Gasteiger charge is 2.09. The van der Waals surface area contributed by atoms with Gasteiger partial charge in [-0.05, 0) is 36.4 Å². The molecule has 0 saturated carbocycles. The lowest BCUT2D eigenvalue weighted by atomic mass is 10.1.